The number of nitrogens with one attached hydrogen (secondary N) is 1. The Morgan fingerprint density at radius 1 is 1.67 bits per heavy atom. The number of nitrogens with zero attached hydrogens (tertiary/aromatic N) is 3. The number of hydrazone groups is 1. The third-order valence-corrected chi connectivity index (χ3v) is 2.00. The first-order valence-electron chi connectivity index (χ1n) is 4.79. The highest BCUT2D eigenvalue weighted by atomic mass is 16.6. The monoisotopic (exact) mass is 247 g/mol. The number of rotatable bonds is 4. The molecule has 18 heavy (non-hydrogen) atoms. The van der Waals surface area contributed by atoms with Crippen LogP contribution in [0.15, 0.2) is 23.3 Å². The maximum absolute atomic E-state index is 10.9. The number of amides is 2. The van der Waals surface area contributed by atoms with Gasteiger partial charge in [-0.15, -0.1) is 0 Å². The van der Waals surface area contributed by atoms with Crippen LogP contribution in [0.1, 0.15) is 11.1 Å². The molecule has 0 atom stereocenters. The van der Waals surface area contributed by atoms with Crippen molar-refractivity contribution in [1.29, 1.82) is 5.26 Å². The van der Waals surface area contributed by atoms with E-state index in [2.05, 4.69) is 5.10 Å². The quantitative estimate of drug-likeness (QED) is 0.459. The van der Waals surface area contributed by atoms with Crippen molar-refractivity contribution in [3.8, 4) is 6.07 Å². The third kappa shape index (κ3) is 3.28. The number of primary amides is 1. The Morgan fingerprint density at radius 2 is 2.39 bits per heavy atom. The summed E-state index contributed by atoms with van der Waals surface area (Å²) in [7, 11) is 0. The normalized spacial score (nSPS) is 9.94. The molecule has 8 heteroatoms. The molecule has 8 nitrogen and oxygen atoms in total. The molecule has 0 aliphatic carbocycles. The minimum atomic E-state index is -0.827. The minimum Gasteiger partial charge on any atom is -0.350 e. The highest BCUT2D eigenvalue weighted by Gasteiger charge is 2.18. The lowest BCUT2D eigenvalue weighted by Gasteiger charge is -2.00. The molecule has 0 aliphatic heterocycles. The van der Waals surface area contributed by atoms with Crippen molar-refractivity contribution < 1.29 is 9.72 Å². The number of nitrogens with two attached hydrogens (primary N) is 1. The number of benzene rings is 1. The van der Waals surface area contributed by atoms with E-state index >= 15 is 0 Å². The Bertz CT molecular complexity index is 547. The number of nitro groups is 1. The van der Waals surface area contributed by atoms with Gasteiger partial charge in [-0.25, -0.2) is 10.2 Å². The maximum atomic E-state index is 10.9. The summed E-state index contributed by atoms with van der Waals surface area (Å²) in [5.74, 6) is 0. The summed E-state index contributed by atoms with van der Waals surface area (Å²) in [4.78, 5) is 20.6. The van der Waals surface area contributed by atoms with Crippen LogP contribution in [0.4, 0.5) is 10.5 Å². The molecule has 1 aromatic rings. The summed E-state index contributed by atoms with van der Waals surface area (Å²) in [6.07, 6.45) is 1.36. The molecular formula is C10H9N5O3. The summed E-state index contributed by atoms with van der Waals surface area (Å²) < 4.78 is 0. The first-order valence-corrected chi connectivity index (χ1v) is 4.79. The van der Waals surface area contributed by atoms with Crippen LogP contribution < -0.4 is 11.2 Å². The summed E-state index contributed by atoms with van der Waals surface area (Å²) in [5.41, 5.74) is 6.80. The first kappa shape index (κ1) is 13.1. The van der Waals surface area contributed by atoms with Crippen molar-refractivity contribution in [2.45, 2.75) is 6.42 Å². The van der Waals surface area contributed by atoms with Crippen LogP contribution >= 0.6 is 0 Å². The number of hydrogen-bond donors (Lipinski definition) is 2. The van der Waals surface area contributed by atoms with Gasteiger partial charge in [-0.3, -0.25) is 10.1 Å². The van der Waals surface area contributed by atoms with Gasteiger partial charge in [0.15, 0.2) is 0 Å². The number of para-hydroxylation sites is 1. The third-order valence-electron chi connectivity index (χ3n) is 2.00. The van der Waals surface area contributed by atoms with Crippen LogP contribution in [0.5, 0.6) is 0 Å². The molecule has 0 heterocycles. The van der Waals surface area contributed by atoms with Gasteiger partial charge >= 0.3 is 6.03 Å². The minimum absolute atomic E-state index is 0.0197. The zero-order valence-corrected chi connectivity index (χ0v) is 9.16. The van der Waals surface area contributed by atoms with E-state index in [0.29, 0.717) is 5.56 Å². The number of nitriles is 1. The van der Waals surface area contributed by atoms with Crippen molar-refractivity contribution >= 4 is 17.9 Å². The Kier molecular flexibility index (Phi) is 4.34. The maximum Gasteiger partial charge on any atom is 0.332 e. The highest BCUT2D eigenvalue weighted by molar-refractivity contribution is 5.73. The van der Waals surface area contributed by atoms with Crippen molar-refractivity contribution in [3.05, 3.63) is 39.4 Å². The Labute approximate surface area is 102 Å². The van der Waals surface area contributed by atoms with E-state index in [1.54, 1.807) is 6.07 Å². The molecule has 2 amide bonds. The average molecular weight is 247 g/mol. The number of nitro benzene ring substituents is 1. The Morgan fingerprint density at radius 3 is 2.94 bits per heavy atom. The lowest BCUT2D eigenvalue weighted by Crippen LogP contribution is -2.24. The molecule has 92 valence electrons. The standard InChI is InChI=1S/C10H9N5O3/c11-6-8-3-1-2-7(9(8)15(17)18)4-5-13-14-10(12)16/h1-3,5H,4H2,(H3,12,14,16). The van der Waals surface area contributed by atoms with Crippen LogP contribution in [-0.4, -0.2) is 17.2 Å². The predicted molar refractivity (Wildman–Crippen MR) is 62.7 cm³/mol. The van der Waals surface area contributed by atoms with E-state index in [1.165, 1.54) is 24.4 Å². The molecule has 0 saturated heterocycles. The van der Waals surface area contributed by atoms with Crippen molar-refractivity contribution in [2.75, 3.05) is 0 Å². The number of hydrogen-bond acceptors (Lipinski definition) is 5. The number of carbonyl (C=O) groups excluding carboxylic acids is 1. The van der Waals surface area contributed by atoms with Crippen molar-refractivity contribution in [1.82, 2.24) is 5.43 Å². The molecule has 0 aromatic heterocycles. The fourth-order valence-electron chi connectivity index (χ4n) is 1.32. The van der Waals surface area contributed by atoms with Crippen molar-refractivity contribution in [3.63, 3.8) is 0 Å². The van der Waals surface area contributed by atoms with E-state index < -0.39 is 11.0 Å². The molecule has 0 saturated carbocycles. The van der Waals surface area contributed by atoms with Crippen molar-refractivity contribution in [2.24, 2.45) is 10.8 Å². The summed E-state index contributed by atoms with van der Waals surface area (Å²) >= 11 is 0. The SMILES string of the molecule is N#Cc1cccc(CC=NNC(N)=O)c1[N+](=O)[O-]. The van der Waals surface area contributed by atoms with Gasteiger partial charge in [0, 0.05) is 18.2 Å². The van der Waals surface area contributed by atoms with Crippen LogP contribution in [0.2, 0.25) is 0 Å². The zero-order valence-electron chi connectivity index (χ0n) is 9.16. The van der Waals surface area contributed by atoms with E-state index in [4.69, 9.17) is 11.0 Å². The van der Waals surface area contributed by atoms with Gasteiger partial charge in [0.05, 0.1) is 4.92 Å². The van der Waals surface area contributed by atoms with Gasteiger partial charge in [0.25, 0.3) is 5.69 Å². The van der Waals surface area contributed by atoms with Gasteiger partial charge in [0.2, 0.25) is 0 Å². The average Bonchev–Trinajstić information content (AvgIpc) is 2.33. The molecule has 0 unspecified atom stereocenters. The summed E-state index contributed by atoms with van der Waals surface area (Å²) in [5, 5.41) is 23.1. The van der Waals surface area contributed by atoms with Gasteiger partial charge in [-0.1, -0.05) is 12.1 Å². The number of urea groups is 1. The van der Waals surface area contributed by atoms with Gasteiger partial charge in [0.1, 0.15) is 11.6 Å². The first-order chi connectivity index (χ1) is 8.56. The van der Waals surface area contributed by atoms with Crippen LogP contribution in [0, 0.1) is 21.4 Å². The lowest BCUT2D eigenvalue weighted by atomic mass is 10.1. The zero-order chi connectivity index (χ0) is 13.5. The fourth-order valence-corrected chi connectivity index (χ4v) is 1.32. The second kappa shape index (κ2) is 5.95. The van der Waals surface area contributed by atoms with Gasteiger partial charge < -0.3 is 5.73 Å². The van der Waals surface area contributed by atoms with E-state index in [0.717, 1.165) is 0 Å². The molecule has 0 radical (unpaired) electrons. The van der Waals surface area contributed by atoms with Crippen LogP contribution in [0.3, 0.4) is 0 Å². The van der Waals surface area contributed by atoms with Gasteiger partial charge in [-0.05, 0) is 6.07 Å². The fraction of sp³-hybridized carbons (Fsp3) is 0.100. The van der Waals surface area contributed by atoms with E-state index in [1.807, 2.05) is 5.43 Å². The Balaban J connectivity index is 2.96. The predicted octanol–water partition coefficient (Wildman–Crippen LogP) is 0.663. The smallest absolute Gasteiger partial charge is 0.332 e. The molecule has 1 aromatic carbocycles. The molecule has 3 N–H and O–H groups in total. The topological polar surface area (TPSA) is 134 Å². The molecule has 0 spiro atoms. The molecule has 0 bridgehead atoms. The molecule has 0 fully saturated rings. The summed E-state index contributed by atoms with van der Waals surface area (Å²) in [6.45, 7) is 0. The molecular weight excluding hydrogens is 238 g/mol. The largest absolute Gasteiger partial charge is 0.350 e. The second-order valence-electron chi connectivity index (χ2n) is 3.17. The highest BCUT2D eigenvalue weighted by Crippen LogP contribution is 2.23. The van der Waals surface area contributed by atoms with E-state index in [-0.39, 0.29) is 17.7 Å². The van der Waals surface area contributed by atoms with E-state index in [9.17, 15) is 14.9 Å². The second-order valence-corrected chi connectivity index (χ2v) is 3.17. The van der Waals surface area contributed by atoms with Gasteiger partial charge in [-0.2, -0.15) is 10.4 Å². The van der Waals surface area contributed by atoms with Crippen LogP contribution in [0.25, 0.3) is 0 Å². The number of carbonyl (C=O) groups is 1. The molecule has 0 aliphatic rings. The molecule has 1 rings (SSSR count). The summed E-state index contributed by atoms with van der Waals surface area (Å²) in [6, 6.07) is 5.33. The Hall–Kier alpha value is -2.95. The van der Waals surface area contributed by atoms with Crippen LogP contribution in [-0.2, 0) is 6.42 Å². The lowest BCUT2D eigenvalue weighted by molar-refractivity contribution is -0.385.